The van der Waals surface area contributed by atoms with E-state index >= 15 is 0 Å². The fourth-order valence-electron chi connectivity index (χ4n) is 2.76. The number of rotatable bonds is 5. The Labute approximate surface area is 140 Å². The van der Waals surface area contributed by atoms with E-state index in [0.717, 1.165) is 16.8 Å². The standard InChI is InChI=1S/C14H19BrN4O2S/c1-22(20)18-14-17-16-13-7-12(11(15)8-19(13)14)21-9-10-5-3-2-4-6-10/h7-8,10H,2-6,9H2,1H3,(H,17,18). The maximum atomic E-state index is 11.3. The molecule has 8 heteroatoms. The number of ether oxygens (including phenoxy) is 1. The molecular weight excluding hydrogens is 368 g/mol. The van der Waals surface area contributed by atoms with Gasteiger partial charge in [-0.05, 0) is 34.7 Å². The van der Waals surface area contributed by atoms with Gasteiger partial charge in [0.1, 0.15) is 16.7 Å². The number of hydrogen-bond donors (Lipinski definition) is 1. The fraction of sp³-hybridized carbons (Fsp3) is 0.571. The molecule has 0 saturated heterocycles. The van der Waals surface area contributed by atoms with Crippen molar-refractivity contribution in [2.45, 2.75) is 32.1 Å². The molecule has 0 aromatic carbocycles. The molecule has 1 aliphatic carbocycles. The first-order valence-corrected chi connectivity index (χ1v) is 9.76. The largest absolute Gasteiger partial charge is 0.492 e. The summed E-state index contributed by atoms with van der Waals surface area (Å²) in [6.07, 6.45) is 9.85. The third-order valence-electron chi connectivity index (χ3n) is 3.89. The van der Waals surface area contributed by atoms with Crippen molar-refractivity contribution < 1.29 is 8.95 Å². The maximum Gasteiger partial charge on any atom is 0.240 e. The molecule has 3 rings (SSSR count). The van der Waals surface area contributed by atoms with Crippen LogP contribution >= 0.6 is 15.9 Å². The fourth-order valence-corrected chi connectivity index (χ4v) is 3.59. The number of nitrogens with one attached hydrogen (secondary N) is 1. The Morgan fingerprint density at radius 3 is 2.91 bits per heavy atom. The molecule has 0 aliphatic heterocycles. The second kappa shape index (κ2) is 6.95. The molecule has 0 spiro atoms. The highest BCUT2D eigenvalue weighted by Gasteiger charge is 2.16. The van der Waals surface area contributed by atoms with Crippen molar-refractivity contribution in [1.29, 1.82) is 0 Å². The molecule has 22 heavy (non-hydrogen) atoms. The first kappa shape index (κ1) is 15.7. The van der Waals surface area contributed by atoms with Crippen LogP contribution in [-0.4, -0.2) is 31.7 Å². The van der Waals surface area contributed by atoms with Gasteiger partial charge in [0.2, 0.25) is 5.95 Å². The average molecular weight is 387 g/mol. The predicted octanol–water partition coefficient (Wildman–Crippen LogP) is 3.16. The minimum Gasteiger partial charge on any atom is -0.492 e. The quantitative estimate of drug-likeness (QED) is 0.856. The molecule has 1 fully saturated rings. The van der Waals surface area contributed by atoms with E-state index in [1.165, 1.54) is 32.1 Å². The molecule has 1 aliphatic rings. The van der Waals surface area contributed by atoms with E-state index in [9.17, 15) is 4.21 Å². The zero-order valence-electron chi connectivity index (χ0n) is 12.4. The Hall–Kier alpha value is -1.15. The van der Waals surface area contributed by atoms with Crippen LogP contribution in [0.3, 0.4) is 0 Å². The van der Waals surface area contributed by atoms with Crippen molar-refractivity contribution in [1.82, 2.24) is 14.6 Å². The second-order valence-corrected chi connectivity index (χ2v) is 7.58. The summed E-state index contributed by atoms with van der Waals surface area (Å²) in [5, 5.41) is 8.08. The maximum absolute atomic E-state index is 11.3. The van der Waals surface area contributed by atoms with E-state index in [0.29, 0.717) is 17.5 Å². The molecule has 0 bridgehead atoms. The van der Waals surface area contributed by atoms with Crippen LogP contribution in [0, 0.1) is 5.92 Å². The smallest absolute Gasteiger partial charge is 0.240 e. The molecule has 120 valence electrons. The zero-order valence-corrected chi connectivity index (χ0v) is 14.8. The van der Waals surface area contributed by atoms with E-state index in [1.54, 1.807) is 10.7 Å². The summed E-state index contributed by atoms with van der Waals surface area (Å²) < 4.78 is 22.6. The molecule has 1 saturated carbocycles. The van der Waals surface area contributed by atoms with Gasteiger partial charge >= 0.3 is 0 Å². The molecule has 1 atom stereocenters. The first-order chi connectivity index (χ1) is 10.6. The summed E-state index contributed by atoms with van der Waals surface area (Å²) in [5.41, 5.74) is 0.662. The van der Waals surface area contributed by atoms with Gasteiger partial charge in [-0.1, -0.05) is 19.3 Å². The molecule has 1 N–H and O–H groups in total. The lowest BCUT2D eigenvalue weighted by atomic mass is 9.90. The van der Waals surface area contributed by atoms with Crippen molar-refractivity contribution in [2.75, 3.05) is 17.6 Å². The summed E-state index contributed by atoms with van der Waals surface area (Å²) in [6.45, 7) is 0.743. The lowest BCUT2D eigenvalue weighted by Gasteiger charge is -2.22. The highest BCUT2D eigenvalue weighted by Crippen LogP contribution is 2.30. The number of pyridine rings is 1. The second-order valence-electron chi connectivity index (χ2n) is 5.61. The van der Waals surface area contributed by atoms with Gasteiger partial charge in [0, 0.05) is 18.5 Å². The lowest BCUT2D eigenvalue weighted by Crippen LogP contribution is -2.15. The Kier molecular flexibility index (Phi) is 4.97. The summed E-state index contributed by atoms with van der Waals surface area (Å²) in [5.74, 6) is 1.87. The summed E-state index contributed by atoms with van der Waals surface area (Å²) >= 11 is 3.52. The van der Waals surface area contributed by atoms with Crippen molar-refractivity contribution >= 4 is 38.5 Å². The van der Waals surface area contributed by atoms with E-state index in [-0.39, 0.29) is 0 Å². The molecule has 2 aromatic rings. The van der Waals surface area contributed by atoms with Gasteiger partial charge in [0.15, 0.2) is 5.65 Å². The molecule has 2 heterocycles. The van der Waals surface area contributed by atoms with Crippen LogP contribution in [0.4, 0.5) is 5.95 Å². The van der Waals surface area contributed by atoms with Crippen LogP contribution in [-0.2, 0) is 11.0 Å². The van der Waals surface area contributed by atoms with Gasteiger partial charge in [-0.3, -0.25) is 9.12 Å². The van der Waals surface area contributed by atoms with Crippen molar-refractivity contribution in [2.24, 2.45) is 5.92 Å². The summed E-state index contributed by atoms with van der Waals surface area (Å²) in [6, 6.07) is 1.85. The Morgan fingerprint density at radius 2 is 2.18 bits per heavy atom. The molecule has 6 nitrogen and oxygen atoms in total. The minimum absolute atomic E-state index is 0.454. The number of anilines is 1. The van der Waals surface area contributed by atoms with Crippen molar-refractivity contribution in [3.8, 4) is 5.75 Å². The van der Waals surface area contributed by atoms with E-state index in [4.69, 9.17) is 4.74 Å². The third kappa shape index (κ3) is 3.60. The Morgan fingerprint density at radius 1 is 1.41 bits per heavy atom. The van der Waals surface area contributed by atoms with Crippen LogP contribution < -0.4 is 9.46 Å². The first-order valence-electron chi connectivity index (χ1n) is 7.40. The zero-order chi connectivity index (χ0) is 15.5. The highest BCUT2D eigenvalue weighted by molar-refractivity contribution is 9.10. The lowest BCUT2D eigenvalue weighted by molar-refractivity contribution is 0.208. The van der Waals surface area contributed by atoms with Crippen LogP contribution in [0.1, 0.15) is 32.1 Å². The number of halogens is 1. The average Bonchev–Trinajstić information content (AvgIpc) is 2.87. The molecule has 0 amide bonds. The summed E-state index contributed by atoms with van der Waals surface area (Å²) in [7, 11) is -1.19. The van der Waals surface area contributed by atoms with Gasteiger partial charge in [-0.15, -0.1) is 10.2 Å². The number of fused-ring (bicyclic) bond motifs is 1. The minimum atomic E-state index is -1.19. The molecule has 1 unspecified atom stereocenters. The molecule has 2 aromatic heterocycles. The van der Waals surface area contributed by atoms with Crippen molar-refractivity contribution in [3.05, 3.63) is 16.7 Å². The Balaban J connectivity index is 1.76. The van der Waals surface area contributed by atoms with E-state index in [2.05, 4.69) is 30.8 Å². The number of nitrogens with zero attached hydrogens (tertiary/aromatic N) is 3. The molecular formula is C14H19BrN4O2S. The van der Waals surface area contributed by atoms with Crippen LogP contribution in [0.15, 0.2) is 16.7 Å². The Bertz CT molecular complexity index is 685. The number of aromatic nitrogens is 3. The van der Waals surface area contributed by atoms with Gasteiger partial charge < -0.3 is 4.74 Å². The van der Waals surface area contributed by atoms with E-state index in [1.807, 2.05) is 12.3 Å². The van der Waals surface area contributed by atoms with Crippen LogP contribution in [0.5, 0.6) is 5.75 Å². The predicted molar refractivity (Wildman–Crippen MR) is 90.4 cm³/mol. The van der Waals surface area contributed by atoms with E-state index < -0.39 is 11.0 Å². The number of hydrogen-bond acceptors (Lipinski definition) is 4. The van der Waals surface area contributed by atoms with Crippen LogP contribution in [0.2, 0.25) is 0 Å². The third-order valence-corrected chi connectivity index (χ3v) is 4.96. The van der Waals surface area contributed by atoms with Crippen molar-refractivity contribution in [3.63, 3.8) is 0 Å². The van der Waals surface area contributed by atoms with Gasteiger partial charge in [0.25, 0.3) is 0 Å². The van der Waals surface area contributed by atoms with Crippen LogP contribution in [0.25, 0.3) is 5.65 Å². The highest BCUT2D eigenvalue weighted by atomic mass is 79.9. The normalized spacial score (nSPS) is 17.5. The van der Waals surface area contributed by atoms with Gasteiger partial charge in [-0.2, -0.15) is 0 Å². The van der Waals surface area contributed by atoms with Gasteiger partial charge in [0.05, 0.1) is 11.1 Å². The monoisotopic (exact) mass is 386 g/mol. The SMILES string of the molecule is CS(=O)Nc1nnc2cc(OCC3CCCCC3)c(Br)cn12. The summed E-state index contributed by atoms with van der Waals surface area (Å²) in [4.78, 5) is 0. The molecule has 0 radical (unpaired) electrons. The van der Waals surface area contributed by atoms with Gasteiger partial charge in [-0.25, -0.2) is 4.21 Å². The topological polar surface area (TPSA) is 68.5 Å².